The van der Waals surface area contributed by atoms with E-state index in [-0.39, 0.29) is 6.61 Å². The second kappa shape index (κ2) is 4.77. The van der Waals surface area contributed by atoms with Gasteiger partial charge in [0.1, 0.15) is 11.2 Å². The molecule has 1 N–H and O–H groups in total. The van der Waals surface area contributed by atoms with Gasteiger partial charge >= 0.3 is 5.97 Å². The van der Waals surface area contributed by atoms with Crippen LogP contribution < -0.4 is 4.74 Å². The van der Waals surface area contributed by atoms with Crippen LogP contribution in [0, 0.1) is 5.92 Å². The monoisotopic (exact) mass is 278 g/mol. The normalized spacial score (nSPS) is 18.3. The van der Waals surface area contributed by atoms with Crippen molar-refractivity contribution in [2.45, 2.75) is 26.2 Å². The first kappa shape index (κ1) is 12.3. The highest BCUT2D eigenvalue weighted by atomic mass is 32.1. The van der Waals surface area contributed by atoms with Crippen molar-refractivity contribution in [1.82, 2.24) is 9.97 Å². The van der Waals surface area contributed by atoms with E-state index < -0.39 is 5.97 Å². The minimum Gasteiger partial charge on any atom is -0.479 e. The number of thiophene rings is 1. The Hall–Kier alpha value is -1.69. The summed E-state index contributed by atoms with van der Waals surface area (Å²) < 4.78 is 5.29. The molecule has 3 rings (SSSR count). The van der Waals surface area contributed by atoms with E-state index in [1.807, 2.05) is 0 Å². The van der Waals surface area contributed by atoms with Crippen LogP contribution in [-0.2, 0) is 17.6 Å². The lowest BCUT2D eigenvalue weighted by molar-refractivity contribution is -0.139. The molecule has 0 fully saturated rings. The number of hydrogen-bond acceptors (Lipinski definition) is 5. The van der Waals surface area contributed by atoms with Crippen LogP contribution in [0.3, 0.4) is 0 Å². The Labute approximate surface area is 114 Å². The minimum atomic E-state index is -0.996. The molecular weight excluding hydrogens is 264 g/mol. The number of carbonyl (C=O) groups is 1. The fourth-order valence-electron chi connectivity index (χ4n) is 2.49. The van der Waals surface area contributed by atoms with Gasteiger partial charge in [0.05, 0.1) is 5.39 Å². The molecule has 2 aromatic rings. The Morgan fingerprint density at radius 3 is 3.21 bits per heavy atom. The summed E-state index contributed by atoms with van der Waals surface area (Å²) in [7, 11) is 0. The van der Waals surface area contributed by atoms with Crippen molar-refractivity contribution < 1.29 is 14.6 Å². The summed E-state index contributed by atoms with van der Waals surface area (Å²) >= 11 is 1.67. The molecule has 2 aromatic heterocycles. The zero-order chi connectivity index (χ0) is 13.4. The average molecular weight is 278 g/mol. The molecule has 1 atom stereocenters. The van der Waals surface area contributed by atoms with Gasteiger partial charge in [-0.2, -0.15) is 0 Å². The number of rotatable bonds is 3. The molecule has 19 heavy (non-hydrogen) atoms. The van der Waals surface area contributed by atoms with Crippen molar-refractivity contribution in [2.75, 3.05) is 6.61 Å². The Kier molecular flexibility index (Phi) is 3.10. The molecule has 0 aliphatic heterocycles. The number of nitrogens with zero attached hydrogens (tertiary/aromatic N) is 2. The maximum absolute atomic E-state index is 10.6. The summed E-state index contributed by atoms with van der Waals surface area (Å²) in [6.07, 6.45) is 4.64. The Morgan fingerprint density at radius 1 is 1.58 bits per heavy atom. The van der Waals surface area contributed by atoms with Crippen molar-refractivity contribution in [3.05, 3.63) is 16.8 Å². The molecule has 2 heterocycles. The Balaban J connectivity index is 2.06. The molecule has 5 nitrogen and oxygen atoms in total. The minimum absolute atomic E-state index is 0.368. The van der Waals surface area contributed by atoms with Gasteiger partial charge in [-0.15, -0.1) is 11.3 Å². The van der Waals surface area contributed by atoms with E-state index in [1.165, 1.54) is 16.8 Å². The molecule has 1 aliphatic carbocycles. The van der Waals surface area contributed by atoms with Gasteiger partial charge in [0.2, 0.25) is 5.88 Å². The molecule has 100 valence electrons. The molecule has 0 spiro atoms. The summed E-state index contributed by atoms with van der Waals surface area (Å²) in [5, 5.41) is 9.62. The van der Waals surface area contributed by atoms with Crippen LogP contribution in [0.15, 0.2) is 6.33 Å². The number of aromatic nitrogens is 2. The van der Waals surface area contributed by atoms with Crippen LogP contribution >= 0.6 is 11.3 Å². The van der Waals surface area contributed by atoms with Crippen LogP contribution in [0.1, 0.15) is 23.8 Å². The molecule has 0 aromatic carbocycles. The maximum atomic E-state index is 10.6. The lowest BCUT2D eigenvalue weighted by Crippen LogP contribution is -2.12. The Morgan fingerprint density at radius 2 is 2.42 bits per heavy atom. The lowest BCUT2D eigenvalue weighted by atomic mass is 9.89. The van der Waals surface area contributed by atoms with Crippen molar-refractivity contribution in [1.29, 1.82) is 0 Å². The largest absolute Gasteiger partial charge is 0.479 e. The fraction of sp³-hybridized carbons (Fsp3) is 0.462. The molecule has 0 radical (unpaired) electrons. The van der Waals surface area contributed by atoms with Crippen molar-refractivity contribution in [3.8, 4) is 5.88 Å². The van der Waals surface area contributed by atoms with E-state index in [2.05, 4.69) is 16.9 Å². The first-order chi connectivity index (χ1) is 9.15. The summed E-state index contributed by atoms with van der Waals surface area (Å²) in [6.45, 7) is 1.88. The quantitative estimate of drug-likeness (QED) is 0.932. The smallest absolute Gasteiger partial charge is 0.341 e. The van der Waals surface area contributed by atoms with Crippen molar-refractivity contribution >= 4 is 27.5 Å². The van der Waals surface area contributed by atoms with Gasteiger partial charge in [0.15, 0.2) is 6.61 Å². The number of hydrogen-bond donors (Lipinski definition) is 1. The third kappa shape index (κ3) is 2.28. The lowest BCUT2D eigenvalue weighted by Gasteiger charge is -2.18. The standard InChI is InChI=1S/C13H14N2O3S/c1-7-2-3-8-9(4-7)19-13-11(8)12(14-6-15-13)18-5-10(16)17/h6-7H,2-5H2,1H3,(H,16,17)/t7-/m0/s1. The van der Waals surface area contributed by atoms with E-state index in [0.29, 0.717) is 11.8 Å². The third-order valence-corrected chi connectivity index (χ3v) is 4.55. The summed E-state index contributed by atoms with van der Waals surface area (Å²) in [4.78, 5) is 21.2. The van der Waals surface area contributed by atoms with Gasteiger partial charge in [-0.1, -0.05) is 6.92 Å². The number of ether oxygens (including phenoxy) is 1. The number of fused-ring (bicyclic) bond motifs is 3. The first-order valence-electron chi connectivity index (χ1n) is 6.25. The predicted octanol–water partition coefficient (Wildman–Crippen LogP) is 2.28. The molecule has 0 saturated heterocycles. The second-order valence-corrected chi connectivity index (χ2v) is 5.98. The zero-order valence-electron chi connectivity index (χ0n) is 10.5. The number of carboxylic acid groups (broad SMARTS) is 1. The number of aryl methyl sites for hydroxylation is 1. The van der Waals surface area contributed by atoms with Gasteiger partial charge in [-0.05, 0) is 30.7 Å². The van der Waals surface area contributed by atoms with Gasteiger partial charge in [-0.3, -0.25) is 0 Å². The van der Waals surface area contributed by atoms with E-state index in [9.17, 15) is 4.79 Å². The molecule has 6 heteroatoms. The zero-order valence-corrected chi connectivity index (χ0v) is 11.4. The van der Waals surface area contributed by atoms with Crippen LogP contribution in [-0.4, -0.2) is 27.7 Å². The highest BCUT2D eigenvalue weighted by molar-refractivity contribution is 7.18. The first-order valence-corrected chi connectivity index (χ1v) is 7.06. The maximum Gasteiger partial charge on any atom is 0.341 e. The van der Waals surface area contributed by atoms with Crippen LogP contribution in [0.5, 0.6) is 5.88 Å². The molecular formula is C13H14N2O3S. The molecule has 0 unspecified atom stereocenters. The molecule has 1 aliphatic rings. The van der Waals surface area contributed by atoms with Crippen molar-refractivity contribution in [3.63, 3.8) is 0 Å². The average Bonchev–Trinajstić information content (AvgIpc) is 2.73. The van der Waals surface area contributed by atoms with Crippen LogP contribution in [0.25, 0.3) is 10.2 Å². The van der Waals surface area contributed by atoms with Gasteiger partial charge in [0, 0.05) is 4.88 Å². The summed E-state index contributed by atoms with van der Waals surface area (Å²) in [5.41, 5.74) is 1.25. The van der Waals surface area contributed by atoms with E-state index in [0.717, 1.165) is 29.5 Å². The highest BCUT2D eigenvalue weighted by Crippen LogP contribution is 2.40. The summed E-state index contributed by atoms with van der Waals surface area (Å²) in [5.74, 6) is 0.0980. The third-order valence-electron chi connectivity index (χ3n) is 3.39. The molecule has 0 saturated carbocycles. The second-order valence-electron chi connectivity index (χ2n) is 4.89. The van der Waals surface area contributed by atoms with Crippen LogP contribution in [0.2, 0.25) is 0 Å². The summed E-state index contributed by atoms with van der Waals surface area (Å²) in [6, 6.07) is 0. The molecule has 0 bridgehead atoms. The number of aliphatic carboxylic acids is 1. The highest BCUT2D eigenvalue weighted by Gasteiger charge is 2.23. The SMILES string of the molecule is C[C@H]1CCc2c(sc3ncnc(OCC(=O)O)c23)C1. The van der Waals surface area contributed by atoms with Crippen LogP contribution in [0.4, 0.5) is 0 Å². The van der Waals surface area contributed by atoms with E-state index >= 15 is 0 Å². The van der Waals surface area contributed by atoms with Crippen molar-refractivity contribution in [2.24, 2.45) is 5.92 Å². The van der Waals surface area contributed by atoms with E-state index in [4.69, 9.17) is 9.84 Å². The topological polar surface area (TPSA) is 72.3 Å². The Bertz CT molecular complexity index is 638. The van der Waals surface area contributed by atoms with Gasteiger partial charge < -0.3 is 9.84 Å². The molecule has 0 amide bonds. The number of carboxylic acids is 1. The van der Waals surface area contributed by atoms with Gasteiger partial charge in [-0.25, -0.2) is 14.8 Å². The fourth-order valence-corrected chi connectivity index (χ4v) is 3.83. The predicted molar refractivity (Wildman–Crippen MR) is 71.7 cm³/mol. The van der Waals surface area contributed by atoms with Gasteiger partial charge in [0.25, 0.3) is 0 Å². The van der Waals surface area contributed by atoms with E-state index in [1.54, 1.807) is 11.3 Å².